The lowest BCUT2D eigenvalue weighted by molar-refractivity contribution is 0.0923. The highest BCUT2D eigenvalue weighted by Gasteiger charge is 2.13. The molecule has 28 heavy (non-hydrogen) atoms. The van der Waals surface area contributed by atoms with Crippen LogP contribution in [0.15, 0.2) is 57.9 Å². The summed E-state index contributed by atoms with van der Waals surface area (Å²) in [5, 5.41) is 3.21. The Bertz CT molecular complexity index is 1030. The van der Waals surface area contributed by atoms with Gasteiger partial charge >= 0.3 is 0 Å². The van der Waals surface area contributed by atoms with E-state index < -0.39 is 5.91 Å². The highest BCUT2D eigenvalue weighted by molar-refractivity contribution is 5.93. The second kappa shape index (κ2) is 8.69. The van der Waals surface area contributed by atoms with Gasteiger partial charge in [-0.25, -0.2) is 4.98 Å². The van der Waals surface area contributed by atoms with Crippen LogP contribution in [0.4, 0.5) is 0 Å². The van der Waals surface area contributed by atoms with Crippen LogP contribution in [0, 0.1) is 5.92 Å². The van der Waals surface area contributed by atoms with Gasteiger partial charge < -0.3 is 14.5 Å². The molecule has 0 saturated heterocycles. The minimum atomic E-state index is -0.449. The number of pyridine rings is 1. The summed E-state index contributed by atoms with van der Waals surface area (Å²) in [6.45, 7) is 6.57. The van der Waals surface area contributed by atoms with E-state index in [-0.39, 0.29) is 23.8 Å². The van der Waals surface area contributed by atoms with Crippen molar-refractivity contribution in [1.82, 2.24) is 10.3 Å². The number of carbonyl (C=O) groups excluding carboxylic acids is 1. The summed E-state index contributed by atoms with van der Waals surface area (Å²) in [6, 6.07) is 11.7. The van der Waals surface area contributed by atoms with Crippen LogP contribution in [-0.2, 0) is 6.54 Å². The predicted molar refractivity (Wildman–Crippen MR) is 107 cm³/mol. The molecule has 0 aliphatic heterocycles. The molecule has 2 aromatic heterocycles. The smallest absolute Gasteiger partial charge is 0.287 e. The molecule has 1 atom stereocenters. The maximum Gasteiger partial charge on any atom is 0.287 e. The first-order valence-corrected chi connectivity index (χ1v) is 9.35. The topological polar surface area (TPSA) is 81.4 Å². The quantitative estimate of drug-likeness (QED) is 0.672. The van der Waals surface area contributed by atoms with E-state index in [2.05, 4.69) is 24.1 Å². The molecular formula is C22H24N2O4. The summed E-state index contributed by atoms with van der Waals surface area (Å²) < 4.78 is 11.4. The van der Waals surface area contributed by atoms with Crippen LogP contribution in [0.3, 0.4) is 0 Å². The molecule has 0 aliphatic rings. The van der Waals surface area contributed by atoms with E-state index in [0.29, 0.717) is 22.8 Å². The number of ether oxygens (including phenoxy) is 1. The number of carbonyl (C=O) groups is 1. The number of rotatable bonds is 7. The van der Waals surface area contributed by atoms with Crippen molar-refractivity contribution in [3.63, 3.8) is 0 Å². The van der Waals surface area contributed by atoms with E-state index in [1.807, 2.05) is 6.92 Å². The summed E-state index contributed by atoms with van der Waals surface area (Å²) in [4.78, 5) is 28.8. The van der Waals surface area contributed by atoms with Gasteiger partial charge in [-0.15, -0.1) is 0 Å². The second-order valence-corrected chi connectivity index (χ2v) is 7.21. The number of benzene rings is 1. The normalized spacial score (nSPS) is 12.1. The summed E-state index contributed by atoms with van der Waals surface area (Å²) in [5.74, 6) is 0.598. The Kier molecular flexibility index (Phi) is 6.09. The van der Waals surface area contributed by atoms with Crippen molar-refractivity contribution in [3.05, 3.63) is 70.2 Å². The molecule has 3 rings (SSSR count). The van der Waals surface area contributed by atoms with Gasteiger partial charge in [0, 0.05) is 24.9 Å². The largest absolute Gasteiger partial charge is 0.475 e. The van der Waals surface area contributed by atoms with E-state index in [4.69, 9.17) is 9.15 Å². The van der Waals surface area contributed by atoms with Crippen LogP contribution in [0.5, 0.6) is 5.88 Å². The van der Waals surface area contributed by atoms with Crippen molar-refractivity contribution in [3.8, 4) is 5.88 Å². The SMILES string of the molecule is CC(C)CC(C)Oc1cc(CNC(=O)c2cc(=O)c3ccccc3o2)ccn1. The Morgan fingerprint density at radius 2 is 1.96 bits per heavy atom. The van der Waals surface area contributed by atoms with Crippen molar-refractivity contribution < 1.29 is 13.9 Å². The zero-order chi connectivity index (χ0) is 20.1. The molecule has 1 N–H and O–H groups in total. The fourth-order valence-corrected chi connectivity index (χ4v) is 3.03. The number of hydrogen-bond acceptors (Lipinski definition) is 5. The lowest BCUT2D eigenvalue weighted by atomic mass is 10.1. The molecule has 3 aromatic rings. The number of fused-ring (bicyclic) bond motifs is 1. The Labute approximate surface area is 163 Å². The Hall–Kier alpha value is -3.15. The van der Waals surface area contributed by atoms with Gasteiger partial charge in [-0.2, -0.15) is 0 Å². The standard InChI is InChI=1S/C22H24N2O4/c1-14(2)10-15(3)27-21-11-16(8-9-23-21)13-24-22(26)20-12-18(25)17-6-4-5-7-19(17)28-20/h4-9,11-12,14-15H,10,13H2,1-3H3,(H,24,26). The third-order valence-electron chi connectivity index (χ3n) is 4.24. The Morgan fingerprint density at radius 3 is 2.75 bits per heavy atom. The number of amides is 1. The van der Waals surface area contributed by atoms with E-state index in [9.17, 15) is 9.59 Å². The van der Waals surface area contributed by atoms with Gasteiger partial charge in [-0.05, 0) is 43.0 Å². The van der Waals surface area contributed by atoms with Crippen LogP contribution in [0.2, 0.25) is 0 Å². The number of hydrogen-bond donors (Lipinski definition) is 1. The van der Waals surface area contributed by atoms with Crippen molar-refractivity contribution in [2.75, 3.05) is 0 Å². The minimum absolute atomic E-state index is 0.0141. The summed E-state index contributed by atoms with van der Waals surface area (Å²) in [5.41, 5.74) is 0.989. The van der Waals surface area contributed by atoms with Gasteiger partial charge in [0.1, 0.15) is 5.58 Å². The fourth-order valence-electron chi connectivity index (χ4n) is 3.03. The zero-order valence-corrected chi connectivity index (χ0v) is 16.3. The van der Waals surface area contributed by atoms with Gasteiger partial charge in [0.05, 0.1) is 11.5 Å². The molecule has 0 saturated carbocycles. The molecule has 0 aliphatic carbocycles. The monoisotopic (exact) mass is 380 g/mol. The molecule has 1 aromatic carbocycles. The Balaban J connectivity index is 1.66. The average Bonchev–Trinajstić information content (AvgIpc) is 2.65. The van der Waals surface area contributed by atoms with Gasteiger partial charge in [-0.1, -0.05) is 26.0 Å². The van der Waals surface area contributed by atoms with Crippen molar-refractivity contribution in [2.45, 2.75) is 39.8 Å². The molecule has 6 nitrogen and oxygen atoms in total. The second-order valence-electron chi connectivity index (χ2n) is 7.21. The maximum absolute atomic E-state index is 12.4. The van der Waals surface area contributed by atoms with Crippen molar-refractivity contribution in [2.24, 2.45) is 5.92 Å². The van der Waals surface area contributed by atoms with E-state index >= 15 is 0 Å². The number of para-hydroxylation sites is 1. The van der Waals surface area contributed by atoms with Crippen LogP contribution in [0.25, 0.3) is 11.0 Å². The van der Waals surface area contributed by atoms with E-state index in [1.54, 1.807) is 42.6 Å². The molecule has 0 bridgehead atoms. The first-order valence-electron chi connectivity index (χ1n) is 9.35. The zero-order valence-electron chi connectivity index (χ0n) is 16.3. The lowest BCUT2D eigenvalue weighted by Gasteiger charge is -2.16. The van der Waals surface area contributed by atoms with Crippen molar-refractivity contribution in [1.29, 1.82) is 0 Å². The summed E-state index contributed by atoms with van der Waals surface area (Å²) in [7, 11) is 0. The molecule has 1 amide bonds. The first-order chi connectivity index (χ1) is 13.4. The highest BCUT2D eigenvalue weighted by atomic mass is 16.5. The number of aromatic nitrogens is 1. The van der Waals surface area contributed by atoms with Crippen LogP contribution in [-0.4, -0.2) is 17.0 Å². The summed E-state index contributed by atoms with van der Waals surface area (Å²) in [6.07, 6.45) is 2.64. The van der Waals surface area contributed by atoms with Crippen molar-refractivity contribution >= 4 is 16.9 Å². The van der Waals surface area contributed by atoms with Crippen LogP contribution < -0.4 is 15.5 Å². The molecular weight excluding hydrogens is 356 g/mol. The highest BCUT2D eigenvalue weighted by Crippen LogP contribution is 2.15. The van der Waals surface area contributed by atoms with Gasteiger partial charge in [0.2, 0.25) is 5.88 Å². The third-order valence-corrected chi connectivity index (χ3v) is 4.24. The predicted octanol–water partition coefficient (Wildman–Crippen LogP) is 3.93. The van der Waals surface area contributed by atoms with Crippen LogP contribution >= 0.6 is 0 Å². The molecule has 0 radical (unpaired) electrons. The average molecular weight is 380 g/mol. The third kappa shape index (κ3) is 4.97. The van der Waals surface area contributed by atoms with Crippen LogP contribution in [0.1, 0.15) is 43.3 Å². The fraction of sp³-hybridized carbons (Fsp3) is 0.318. The molecule has 146 valence electrons. The van der Waals surface area contributed by atoms with E-state index in [0.717, 1.165) is 12.0 Å². The number of nitrogens with zero attached hydrogens (tertiary/aromatic N) is 1. The Morgan fingerprint density at radius 1 is 1.18 bits per heavy atom. The molecule has 0 spiro atoms. The first kappa shape index (κ1) is 19.6. The number of nitrogens with one attached hydrogen (secondary N) is 1. The molecule has 1 unspecified atom stereocenters. The molecule has 2 heterocycles. The van der Waals surface area contributed by atoms with Gasteiger partial charge in [-0.3, -0.25) is 9.59 Å². The van der Waals surface area contributed by atoms with Gasteiger partial charge in [0.15, 0.2) is 11.2 Å². The minimum Gasteiger partial charge on any atom is -0.475 e. The molecule has 0 fully saturated rings. The summed E-state index contributed by atoms with van der Waals surface area (Å²) >= 11 is 0. The van der Waals surface area contributed by atoms with E-state index in [1.165, 1.54) is 6.07 Å². The molecule has 6 heteroatoms. The maximum atomic E-state index is 12.4. The van der Waals surface area contributed by atoms with Gasteiger partial charge in [0.25, 0.3) is 5.91 Å². The lowest BCUT2D eigenvalue weighted by Crippen LogP contribution is -2.24.